The molecule has 0 unspecified atom stereocenters. The van der Waals surface area contributed by atoms with Crippen LogP contribution in [-0.4, -0.2) is 47.3 Å². The van der Waals surface area contributed by atoms with Crippen molar-refractivity contribution in [2.75, 3.05) is 26.4 Å². The Hall–Kier alpha value is -2.22. The number of carbonyl (C=O) groups excluding carboxylic acids is 1. The van der Waals surface area contributed by atoms with E-state index in [1.165, 1.54) is 0 Å². The van der Waals surface area contributed by atoms with E-state index in [1.807, 2.05) is 29.6 Å². The number of aliphatic hydroxyl groups excluding tert-OH is 1. The fourth-order valence-corrected chi connectivity index (χ4v) is 3.05. The largest absolute Gasteiger partial charge is 0.394 e. The first-order chi connectivity index (χ1) is 11.8. The summed E-state index contributed by atoms with van der Waals surface area (Å²) in [7, 11) is 0. The molecule has 0 fully saturated rings. The van der Waals surface area contributed by atoms with Gasteiger partial charge >= 0.3 is 0 Å². The number of nitrogens with zero attached hydrogens (tertiary/aromatic N) is 1. The minimum absolute atomic E-state index is 0.0140. The highest BCUT2D eigenvalue weighted by atomic mass is 32.1. The number of carbonyl (C=O) groups is 1. The van der Waals surface area contributed by atoms with Gasteiger partial charge in [0, 0.05) is 13.2 Å². The van der Waals surface area contributed by atoms with Crippen molar-refractivity contribution >= 4 is 28.3 Å². The van der Waals surface area contributed by atoms with Crippen LogP contribution in [0.25, 0.3) is 21.7 Å². The number of amides is 1. The Kier molecular flexibility index (Phi) is 5.58. The second-order valence-electron chi connectivity index (χ2n) is 5.21. The first-order valence-corrected chi connectivity index (χ1v) is 8.67. The highest BCUT2D eigenvalue weighted by Gasteiger charge is 2.14. The molecule has 6 nitrogen and oxygen atoms in total. The third kappa shape index (κ3) is 3.81. The average Bonchev–Trinajstić information content (AvgIpc) is 3.26. The molecular weight excluding hydrogens is 326 g/mol. The Morgan fingerprint density at radius 2 is 2.21 bits per heavy atom. The first kappa shape index (κ1) is 16.6. The summed E-state index contributed by atoms with van der Waals surface area (Å²) in [6, 6.07) is 9.50. The minimum atomic E-state index is -0.146. The van der Waals surface area contributed by atoms with Crippen LogP contribution >= 0.6 is 11.3 Å². The number of aromatic nitrogens is 2. The summed E-state index contributed by atoms with van der Waals surface area (Å²) in [5.41, 5.74) is 2.08. The normalized spacial score (nSPS) is 11.0. The van der Waals surface area contributed by atoms with Crippen molar-refractivity contribution in [3.63, 3.8) is 0 Å². The number of para-hydroxylation sites is 1. The van der Waals surface area contributed by atoms with Crippen molar-refractivity contribution in [3.8, 4) is 10.7 Å². The van der Waals surface area contributed by atoms with E-state index in [9.17, 15) is 4.79 Å². The van der Waals surface area contributed by atoms with Crippen LogP contribution in [0.5, 0.6) is 0 Å². The van der Waals surface area contributed by atoms with E-state index in [0.717, 1.165) is 16.2 Å². The smallest absolute Gasteiger partial charge is 0.253 e. The molecule has 0 radical (unpaired) electrons. The number of aromatic amines is 1. The zero-order chi connectivity index (χ0) is 16.8. The van der Waals surface area contributed by atoms with Crippen LogP contribution in [0.1, 0.15) is 16.8 Å². The molecule has 0 bridgehead atoms. The molecule has 2 aromatic heterocycles. The van der Waals surface area contributed by atoms with Gasteiger partial charge in [0.1, 0.15) is 11.3 Å². The average molecular weight is 345 g/mol. The molecule has 126 valence electrons. The maximum absolute atomic E-state index is 12.4. The van der Waals surface area contributed by atoms with Crippen LogP contribution < -0.4 is 5.32 Å². The summed E-state index contributed by atoms with van der Waals surface area (Å²) in [4.78, 5) is 21.3. The Morgan fingerprint density at radius 1 is 1.29 bits per heavy atom. The zero-order valence-corrected chi connectivity index (χ0v) is 13.9. The molecule has 0 aliphatic rings. The van der Waals surface area contributed by atoms with E-state index in [-0.39, 0.29) is 12.5 Å². The van der Waals surface area contributed by atoms with Crippen LogP contribution in [0, 0.1) is 0 Å². The van der Waals surface area contributed by atoms with Gasteiger partial charge in [0.15, 0.2) is 0 Å². The van der Waals surface area contributed by atoms with Crippen molar-refractivity contribution in [1.82, 2.24) is 15.3 Å². The number of hydrogen-bond donors (Lipinski definition) is 3. The third-order valence-corrected chi connectivity index (χ3v) is 4.38. The maximum atomic E-state index is 12.4. The van der Waals surface area contributed by atoms with Crippen LogP contribution in [-0.2, 0) is 4.74 Å². The molecule has 0 saturated heterocycles. The zero-order valence-electron chi connectivity index (χ0n) is 13.1. The molecule has 2 heterocycles. The third-order valence-electron chi connectivity index (χ3n) is 3.50. The van der Waals surface area contributed by atoms with Gasteiger partial charge in [-0.1, -0.05) is 12.1 Å². The molecule has 3 rings (SSSR count). The monoisotopic (exact) mass is 345 g/mol. The van der Waals surface area contributed by atoms with Gasteiger partial charge in [0.05, 0.1) is 29.2 Å². The van der Waals surface area contributed by atoms with Crippen LogP contribution in [0.15, 0.2) is 35.7 Å². The molecule has 1 amide bonds. The Bertz CT molecular complexity index is 799. The summed E-state index contributed by atoms with van der Waals surface area (Å²) in [5.74, 6) is 0.629. The Balaban J connectivity index is 1.69. The number of fused-ring (bicyclic) bond motifs is 1. The number of aliphatic hydroxyl groups is 1. The van der Waals surface area contributed by atoms with Crippen molar-refractivity contribution < 1.29 is 14.6 Å². The van der Waals surface area contributed by atoms with Gasteiger partial charge in [-0.15, -0.1) is 11.3 Å². The SMILES string of the molecule is O=C(NCCCOCCO)c1cccc2[nH]c(-c3cccs3)nc12. The molecule has 1 aromatic carbocycles. The fourth-order valence-electron chi connectivity index (χ4n) is 2.38. The standard InChI is InChI=1S/C17H19N3O3S/c21-8-10-23-9-3-7-18-17(22)12-4-1-5-13-15(12)20-16(19-13)14-6-2-11-24-14/h1-2,4-6,11,21H,3,7-10H2,(H,18,22)(H,19,20). The number of benzene rings is 1. The van der Waals surface area contributed by atoms with E-state index < -0.39 is 0 Å². The molecular formula is C17H19N3O3S. The van der Waals surface area contributed by atoms with Crippen LogP contribution in [0.3, 0.4) is 0 Å². The lowest BCUT2D eigenvalue weighted by molar-refractivity contribution is 0.0868. The molecule has 0 aliphatic heterocycles. The van der Waals surface area contributed by atoms with Gasteiger partial charge < -0.3 is 20.1 Å². The molecule has 3 N–H and O–H groups in total. The van der Waals surface area contributed by atoms with E-state index >= 15 is 0 Å². The predicted molar refractivity (Wildman–Crippen MR) is 94.3 cm³/mol. The van der Waals surface area contributed by atoms with Gasteiger partial charge in [-0.05, 0) is 30.0 Å². The number of nitrogens with one attached hydrogen (secondary N) is 2. The number of thiophene rings is 1. The highest BCUT2D eigenvalue weighted by Crippen LogP contribution is 2.26. The highest BCUT2D eigenvalue weighted by molar-refractivity contribution is 7.13. The number of imidazole rings is 1. The topological polar surface area (TPSA) is 87.2 Å². The lowest BCUT2D eigenvalue weighted by Gasteiger charge is -2.06. The summed E-state index contributed by atoms with van der Waals surface area (Å²) in [6.07, 6.45) is 0.697. The van der Waals surface area contributed by atoms with Crippen molar-refractivity contribution in [3.05, 3.63) is 41.3 Å². The molecule has 0 spiro atoms. The number of ether oxygens (including phenoxy) is 1. The van der Waals surface area contributed by atoms with E-state index in [4.69, 9.17) is 9.84 Å². The van der Waals surface area contributed by atoms with Gasteiger partial charge in [-0.2, -0.15) is 0 Å². The van der Waals surface area contributed by atoms with E-state index in [1.54, 1.807) is 17.4 Å². The van der Waals surface area contributed by atoms with E-state index in [0.29, 0.717) is 37.3 Å². The molecule has 0 aliphatic carbocycles. The van der Waals surface area contributed by atoms with Gasteiger partial charge in [0.25, 0.3) is 5.91 Å². The Labute approximate surface area is 143 Å². The number of rotatable bonds is 8. The van der Waals surface area contributed by atoms with Crippen LogP contribution in [0.4, 0.5) is 0 Å². The van der Waals surface area contributed by atoms with Gasteiger partial charge in [-0.25, -0.2) is 4.98 Å². The molecule has 7 heteroatoms. The van der Waals surface area contributed by atoms with E-state index in [2.05, 4.69) is 15.3 Å². The molecule has 0 saturated carbocycles. The van der Waals surface area contributed by atoms with Gasteiger partial charge in [0.2, 0.25) is 0 Å². The first-order valence-electron chi connectivity index (χ1n) is 7.79. The van der Waals surface area contributed by atoms with Crippen molar-refractivity contribution in [1.29, 1.82) is 0 Å². The maximum Gasteiger partial charge on any atom is 0.253 e. The van der Waals surface area contributed by atoms with Crippen molar-refractivity contribution in [2.45, 2.75) is 6.42 Å². The lowest BCUT2D eigenvalue weighted by Crippen LogP contribution is -2.25. The lowest BCUT2D eigenvalue weighted by atomic mass is 10.1. The summed E-state index contributed by atoms with van der Waals surface area (Å²) < 4.78 is 5.17. The fraction of sp³-hybridized carbons (Fsp3) is 0.294. The second-order valence-corrected chi connectivity index (χ2v) is 6.16. The second kappa shape index (κ2) is 8.05. The van der Waals surface area contributed by atoms with Crippen molar-refractivity contribution in [2.24, 2.45) is 0 Å². The predicted octanol–water partition coefficient (Wildman–Crippen LogP) is 2.42. The molecule has 0 atom stereocenters. The minimum Gasteiger partial charge on any atom is -0.394 e. The number of H-pyrrole nitrogens is 1. The van der Waals surface area contributed by atoms with Crippen LogP contribution in [0.2, 0.25) is 0 Å². The summed E-state index contributed by atoms with van der Waals surface area (Å²) in [6.45, 7) is 1.37. The molecule has 3 aromatic rings. The summed E-state index contributed by atoms with van der Waals surface area (Å²) in [5, 5.41) is 13.5. The van der Waals surface area contributed by atoms with Gasteiger partial charge in [-0.3, -0.25) is 4.79 Å². The molecule has 24 heavy (non-hydrogen) atoms. The Morgan fingerprint density at radius 3 is 3.00 bits per heavy atom. The summed E-state index contributed by atoms with van der Waals surface area (Å²) >= 11 is 1.60. The number of hydrogen-bond acceptors (Lipinski definition) is 5. The quantitative estimate of drug-likeness (QED) is 0.547.